The Morgan fingerprint density at radius 3 is 2.72 bits per heavy atom. The van der Waals surface area contributed by atoms with Crippen molar-refractivity contribution in [1.29, 1.82) is 5.26 Å². The van der Waals surface area contributed by atoms with Gasteiger partial charge in [0.25, 0.3) is 0 Å². The zero-order valence-electron chi connectivity index (χ0n) is 13.4. The molecule has 128 valence electrons. The van der Waals surface area contributed by atoms with Gasteiger partial charge in [-0.05, 0) is 37.5 Å². The molecule has 3 aromatic rings. The highest BCUT2D eigenvalue weighted by Gasteiger charge is 2.17. The zero-order valence-corrected chi connectivity index (χ0v) is 13.4. The molecular formula is C19H16F2N2O2. The van der Waals surface area contributed by atoms with Gasteiger partial charge in [0.2, 0.25) is 0 Å². The van der Waals surface area contributed by atoms with E-state index in [1.165, 1.54) is 18.2 Å². The Balaban J connectivity index is 2.03. The first kappa shape index (κ1) is 16.9. The number of nitrogens with one attached hydrogen (secondary N) is 1. The minimum atomic E-state index is -0.653. The highest BCUT2D eigenvalue weighted by molar-refractivity contribution is 5.85. The Hall–Kier alpha value is -2.91. The first-order valence-electron chi connectivity index (χ1n) is 7.91. The summed E-state index contributed by atoms with van der Waals surface area (Å²) in [7, 11) is 0. The molecule has 25 heavy (non-hydrogen) atoms. The fourth-order valence-electron chi connectivity index (χ4n) is 2.77. The molecule has 4 nitrogen and oxygen atoms in total. The van der Waals surface area contributed by atoms with Crippen LogP contribution in [0.5, 0.6) is 11.5 Å². The number of aryl methyl sites for hydroxylation is 1. The molecule has 0 amide bonds. The lowest BCUT2D eigenvalue weighted by Gasteiger charge is -2.14. The van der Waals surface area contributed by atoms with Gasteiger partial charge in [0.15, 0.2) is 11.6 Å². The summed E-state index contributed by atoms with van der Waals surface area (Å²) in [5.74, 6) is -0.952. The number of aliphatic hydroxyl groups excluding tert-OH is 1. The first-order valence-corrected chi connectivity index (χ1v) is 7.91. The first-order chi connectivity index (χ1) is 12.1. The van der Waals surface area contributed by atoms with Crippen molar-refractivity contribution in [2.75, 3.05) is 6.61 Å². The van der Waals surface area contributed by atoms with Gasteiger partial charge in [-0.1, -0.05) is 0 Å². The van der Waals surface area contributed by atoms with Crippen LogP contribution in [0.25, 0.3) is 10.9 Å². The predicted molar refractivity (Wildman–Crippen MR) is 89.5 cm³/mol. The van der Waals surface area contributed by atoms with Crippen molar-refractivity contribution in [3.8, 4) is 17.6 Å². The summed E-state index contributed by atoms with van der Waals surface area (Å²) < 4.78 is 33.7. The number of aromatic amines is 1. The van der Waals surface area contributed by atoms with Gasteiger partial charge in [-0.25, -0.2) is 8.78 Å². The van der Waals surface area contributed by atoms with Gasteiger partial charge in [-0.2, -0.15) is 5.26 Å². The van der Waals surface area contributed by atoms with Gasteiger partial charge in [-0.3, -0.25) is 0 Å². The van der Waals surface area contributed by atoms with Crippen LogP contribution in [0.15, 0.2) is 36.5 Å². The van der Waals surface area contributed by atoms with Gasteiger partial charge in [0, 0.05) is 41.4 Å². The van der Waals surface area contributed by atoms with E-state index in [4.69, 9.17) is 15.1 Å². The van der Waals surface area contributed by atoms with Crippen LogP contribution < -0.4 is 4.74 Å². The Bertz CT molecular complexity index is 944. The fraction of sp³-hybridized carbons (Fsp3) is 0.211. The van der Waals surface area contributed by atoms with E-state index >= 15 is 0 Å². The van der Waals surface area contributed by atoms with Crippen molar-refractivity contribution < 1.29 is 18.6 Å². The second kappa shape index (κ2) is 7.32. The number of unbranched alkanes of at least 4 members (excludes halogenated alkanes) is 1. The van der Waals surface area contributed by atoms with Gasteiger partial charge in [0.1, 0.15) is 17.6 Å². The summed E-state index contributed by atoms with van der Waals surface area (Å²) in [6.45, 7) is 0.0608. The van der Waals surface area contributed by atoms with Crippen LogP contribution in [0.1, 0.15) is 24.0 Å². The number of rotatable bonds is 6. The molecule has 0 aliphatic rings. The molecule has 0 fully saturated rings. The molecule has 0 bridgehead atoms. The van der Waals surface area contributed by atoms with Crippen molar-refractivity contribution in [3.63, 3.8) is 0 Å². The molecular weight excluding hydrogens is 326 g/mol. The topological polar surface area (TPSA) is 69.0 Å². The Labute approximate surface area is 143 Å². The van der Waals surface area contributed by atoms with Crippen LogP contribution in [0.4, 0.5) is 8.78 Å². The van der Waals surface area contributed by atoms with E-state index in [2.05, 4.69) is 4.98 Å². The molecule has 0 saturated carbocycles. The average Bonchev–Trinajstić information content (AvgIpc) is 3.07. The van der Waals surface area contributed by atoms with Crippen LogP contribution in [0, 0.1) is 23.0 Å². The maximum Gasteiger partial charge on any atom is 0.168 e. The molecule has 1 aromatic heterocycles. The third-order valence-corrected chi connectivity index (χ3v) is 3.98. The lowest BCUT2D eigenvalue weighted by atomic mass is 10.0. The molecule has 0 aliphatic carbocycles. The molecule has 0 aliphatic heterocycles. The molecule has 0 unspecified atom stereocenters. The highest BCUT2D eigenvalue weighted by Crippen LogP contribution is 2.35. The number of ether oxygens (including phenoxy) is 1. The van der Waals surface area contributed by atoms with Crippen molar-refractivity contribution in [2.45, 2.75) is 19.3 Å². The largest absolute Gasteiger partial charge is 0.454 e. The highest BCUT2D eigenvalue weighted by atomic mass is 19.1. The van der Waals surface area contributed by atoms with Crippen molar-refractivity contribution in [1.82, 2.24) is 4.98 Å². The summed E-state index contributed by atoms with van der Waals surface area (Å²) in [5.41, 5.74) is 1.16. The van der Waals surface area contributed by atoms with Crippen LogP contribution in [-0.4, -0.2) is 16.7 Å². The van der Waals surface area contributed by atoms with Crippen LogP contribution >= 0.6 is 0 Å². The molecule has 0 atom stereocenters. The number of aliphatic hydroxyl groups is 1. The van der Waals surface area contributed by atoms with Crippen LogP contribution in [0.3, 0.4) is 0 Å². The molecule has 2 aromatic carbocycles. The second-order valence-electron chi connectivity index (χ2n) is 5.64. The van der Waals surface area contributed by atoms with E-state index < -0.39 is 11.6 Å². The summed E-state index contributed by atoms with van der Waals surface area (Å²) in [6.07, 6.45) is 3.50. The number of H-pyrrole nitrogens is 1. The monoisotopic (exact) mass is 342 g/mol. The van der Waals surface area contributed by atoms with Crippen LogP contribution in [0.2, 0.25) is 0 Å². The molecule has 0 spiro atoms. The number of fused-ring (bicyclic) bond motifs is 1. The van der Waals surface area contributed by atoms with Gasteiger partial charge < -0.3 is 14.8 Å². The summed E-state index contributed by atoms with van der Waals surface area (Å²) in [5, 5.41) is 18.7. The number of aromatic nitrogens is 1. The van der Waals surface area contributed by atoms with E-state index in [0.29, 0.717) is 30.3 Å². The van der Waals surface area contributed by atoms with E-state index in [0.717, 1.165) is 11.5 Å². The van der Waals surface area contributed by atoms with Gasteiger partial charge in [0.05, 0.1) is 5.56 Å². The standard InChI is InChI=1S/C19H16F2N2O2/c20-16-5-4-13(9-12(16)11-22)25-19-15(3-1-2-8-24)14-6-7-23-18(14)10-17(19)21/h4-7,9-10,23-24H,1-3,8H2. The summed E-state index contributed by atoms with van der Waals surface area (Å²) in [4.78, 5) is 2.97. The Kier molecular flexibility index (Phi) is 4.96. The number of nitrogens with zero attached hydrogens (tertiary/aromatic N) is 1. The maximum absolute atomic E-state index is 14.6. The number of nitriles is 1. The molecule has 3 rings (SSSR count). The van der Waals surface area contributed by atoms with E-state index in [-0.39, 0.29) is 23.7 Å². The number of halogens is 2. The fourth-order valence-corrected chi connectivity index (χ4v) is 2.77. The smallest absolute Gasteiger partial charge is 0.168 e. The molecule has 0 radical (unpaired) electrons. The van der Waals surface area contributed by atoms with Gasteiger partial charge >= 0.3 is 0 Å². The second-order valence-corrected chi connectivity index (χ2v) is 5.64. The molecule has 6 heteroatoms. The molecule has 2 N–H and O–H groups in total. The zero-order chi connectivity index (χ0) is 17.8. The lowest BCUT2D eigenvalue weighted by Crippen LogP contribution is -1.98. The van der Waals surface area contributed by atoms with E-state index in [1.54, 1.807) is 12.3 Å². The minimum absolute atomic E-state index is 0.0561. The summed E-state index contributed by atoms with van der Waals surface area (Å²) >= 11 is 0. The quantitative estimate of drug-likeness (QED) is 0.651. The molecule has 1 heterocycles. The number of hydrogen-bond acceptors (Lipinski definition) is 3. The van der Waals surface area contributed by atoms with Crippen molar-refractivity contribution in [2.24, 2.45) is 0 Å². The average molecular weight is 342 g/mol. The van der Waals surface area contributed by atoms with Crippen molar-refractivity contribution >= 4 is 10.9 Å². The third-order valence-electron chi connectivity index (χ3n) is 3.98. The predicted octanol–water partition coefficient (Wildman–Crippen LogP) is 4.43. The lowest BCUT2D eigenvalue weighted by molar-refractivity contribution is 0.284. The number of benzene rings is 2. The minimum Gasteiger partial charge on any atom is -0.454 e. The third kappa shape index (κ3) is 3.47. The van der Waals surface area contributed by atoms with E-state index in [9.17, 15) is 8.78 Å². The normalized spacial score (nSPS) is 10.8. The Morgan fingerprint density at radius 1 is 1.12 bits per heavy atom. The van der Waals surface area contributed by atoms with Crippen LogP contribution in [-0.2, 0) is 6.42 Å². The van der Waals surface area contributed by atoms with E-state index in [1.807, 2.05) is 6.07 Å². The van der Waals surface area contributed by atoms with Crippen molar-refractivity contribution in [3.05, 3.63) is 59.3 Å². The van der Waals surface area contributed by atoms with Gasteiger partial charge in [-0.15, -0.1) is 0 Å². The summed E-state index contributed by atoms with van der Waals surface area (Å²) in [6, 6.07) is 8.63. The Morgan fingerprint density at radius 2 is 1.96 bits per heavy atom. The SMILES string of the molecule is N#Cc1cc(Oc2c(F)cc3[nH]ccc3c2CCCCO)ccc1F. The maximum atomic E-state index is 14.6. The molecule has 0 saturated heterocycles. The number of hydrogen-bond donors (Lipinski definition) is 2.